The molecule has 2 aromatic carbocycles. The predicted octanol–water partition coefficient (Wildman–Crippen LogP) is 3.25. The molecule has 0 saturated carbocycles. The fourth-order valence-corrected chi connectivity index (χ4v) is 2.15. The minimum Gasteiger partial charge on any atom is -0.486 e. The summed E-state index contributed by atoms with van der Waals surface area (Å²) in [6, 6.07) is 15.9. The third kappa shape index (κ3) is 2.82. The van der Waals surface area contributed by atoms with Crippen LogP contribution in [0.3, 0.4) is 0 Å². The van der Waals surface area contributed by atoms with E-state index in [2.05, 4.69) is 24.0 Å². The maximum absolute atomic E-state index is 5.86. The lowest BCUT2D eigenvalue weighted by Gasteiger charge is -2.25. The smallest absolute Gasteiger partial charge is 0.161 e. The number of fused-ring (bicyclic) bond motifs is 1. The molecule has 0 aliphatic carbocycles. The van der Waals surface area contributed by atoms with E-state index in [1.807, 2.05) is 42.6 Å². The lowest BCUT2D eigenvalue weighted by atomic mass is 10.1. The summed E-state index contributed by atoms with van der Waals surface area (Å²) in [5, 5.41) is 0. The van der Waals surface area contributed by atoms with Crippen molar-refractivity contribution in [2.45, 2.75) is 13.0 Å². The molecule has 20 heavy (non-hydrogen) atoms. The van der Waals surface area contributed by atoms with Crippen LogP contribution in [0.25, 0.3) is 0 Å². The molecule has 3 heteroatoms. The Balaban J connectivity index is 1.62. The van der Waals surface area contributed by atoms with Crippen LogP contribution in [0.2, 0.25) is 0 Å². The highest BCUT2D eigenvalue weighted by Gasteiger charge is 2.19. The zero-order chi connectivity index (χ0) is 13.8. The average Bonchev–Trinajstić information content (AvgIpc) is 2.49. The fraction of sp³-hybridized carbons (Fsp3) is 0.235. The van der Waals surface area contributed by atoms with E-state index < -0.39 is 0 Å². The lowest BCUT2D eigenvalue weighted by molar-refractivity contribution is 0.0973. The number of ether oxygens (including phenoxy) is 2. The SMILES string of the molecule is Cc1ccccc1C=NCC1COc2ccccc2O1. The van der Waals surface area contributed by atoms with Gasteiger partial charge in [0.15, 0.2) is 17.6 Å². The Bertz CT molecular complexity index is 622. The molecule has 1 aliphatic heterocycles. The van der Waals surface area contributed by atoms with Crippen LogP contribution in [0.15, 0.2) is 53.5 Å². The van der Waals surface area contributed by atoms with Gasteiger partial charge in [-0.25, -0.2) is 0 Å². The second kappa shape index (κ2) is 5.78. The van der Waals surface area contributed by atoms with Crippen molar-refractivity contribution in [2.75, 3.05) is 13.2 Å². The normalized spacial score (nSPS) is 17.4. The predicted molar refractivity (Wildman–Crippen MR) is 80.0 cm³/mol. The Kier molecular flexibility index (Phi) is 3.68. The lowest BCUT2D eigenvalue weighted by Crippen LogP contribution is -2.31. The summed E-state index contributed by atoms with van der Waals surface area (Å²) in [7, 11) is 0. The molecule has 1 unspecified atom stereocenters. The van der Waals surface area contributed by atoms with Crippen molar-refractivity contribution < 1.29 is 9.47 Å². The molecule has 2 aromatic rings. The fourth-order valence-electron chi connectivity index (χ4n) is 2.15. The van der Waals surface area contributed by atoms with Crippen molar-refractivity contribution in [1.29, 1.82) is 0 Å². The highest BCUT2D eigenvalue weighted by molar-refractivity contribution is 5.81. The minimum atomic E-state index is -0.0230. The van der Waals surface area contributed by atoms with Gasteiger partial charge in [-0.2, -0.15) is 0 Å². The van der Waals surface area contributed by atoms with Crippen LogP contribution >= 0.6 is 0 Å². The summed E-state index contributed by atoms with van der Waals surface area (Å²) in [5.74, 6) is 1.61. The van der Waals surface area contributed by atoms with E-state index in [1.54, 1.807) is 0 Å². The van der Waals surface area contributed by atoms with Gasteiger partial charge in [0.2, 0.25) is 0 Å². The Labute approximate surface area is 118 Å². The number of aliphatic imine (C=N–C) groups is 1. The van der Waals surface area contributed by atoms with E-state index in [4.69, 9.17) is 9.47 Å². The Morgan fingerprint density at radius 3 is 2.70 bits per heavy atom. The second-order valence-corrected chi connectivity index (χ2v) is 4.85. The maximum atomic E-state index is 5.86. The van der Waals surface area contributed by atoms with E-state index in [1.165, 1.54) is 5.56 Å². The van der Waals surface area contributed by atoms with Gasteiger partial charge in [-0.15, -0.1) is 0 Å². The van der Waals surface area contributed by atoms with Gasteiger partial charge < -0.3 is 9.47 Å². The van der Waals surface area contributed by atoms with Crippen molar-refractivity contribution >= 4 is 6.21 Å². The van der Waals surface area contributed by atoms with Crippen molar-refractivity contribution in [2.24, 2.45) is 4.99 Å². The van der Waals surface area contributed by atoms with Crippen LogP contribution in [0.4, 0.5) is 0 Å². The molecule has 1 aliphatic rings. The van der Waals surface area contributed by atoms with Gasteiger partial charge in [-0.3, -0.25) is 4.99 Å². The molecule has 0 N–H and O–H groups in total. The summed E-state index contributed by atoms with van der Waals surface area (Å²) < 4.78 is 11.5. The molecule has 1 atom stereocenters. The molecular weight excluding hydrogens is 250 g/mol. The second-order valence-electron chi connectivity index (χ2n) is 4.85. The number of hydrogen-bond acceptors (Lipinski definition) is 3. The van der Waals surface area contributed by atoms with Crippen LogP contribution in [0.5, 0.6) is 11.5 Å². The molecule has 3 nitrogen and oxygen atoms in total. The zero-order valence-corrected chi connectivity index (χ0v) is 11.5. The van der Waals surface area contributed by atoms with E-state index in [0.29, 0.717) is 13.2 Å². The van der Waals surface area contributed by atoms with E-state index in [-0.39, 0.29) is 6.10 Å². The molecular formula is C17H17NO2. The van der Waals surface area contributed by atoms with E-state index in [0.717, 1.165) is 17.1 Å². The highest BCUT2D eigenvalue weighted by Crippen LogP contribution is 2.30. The molecule has 0 aromatic heterocycles. The first-order valence-corrected chi connectivity index (χ1v) is 6.77. The number of rotatable bonds is 3. The van der Waals surface area contributed by atoms with Crippen LogP contribution in [0, 0.1) is 6.92 Å². The van der Waals surface area contributed by atoms with Gasteiger partial charge in [0.05, 0.1) is 6.54 Å². The minimum absolute atomic E-state index is 0.0230. The molecule has 0 radical (unpaired) electrons. The Hall–Kier alpha value is -2.29. The van der Waals surface area contributed by atoms with Crippen LogP contribution in [-0.2, 0) is 0 Å². The van der Waals surface area contributed by atoms with Gasteiger partial charge >= 0.3 is 0 Å². The molecule has 0 spiro atoms. The average molecular weight is 267 g/mol. The topological polar surface area (TPSA) is 30.8 Å². The van der Waals surface area contributed by atoms with Gasteiger partial charge in [0.25, 0.3) is 0 Å². The molecule has 102 valence electrons. The van der Waals surface area contributed by atoms with E-state index in [9.17, 15) is 0 Å². The van der Waals surface area contributed by atoms with Crippen LogP contribution in [0.1, 0.15) is 11.1 Å². The molecule has 0 bridgehead atoms. The quantitative estimate of drug-likeness (QED) is 0.799. The van der Waals surface area contributed by atoms with Gasteiger partial charge in [-0.05, 0) is 30.2 Å². The summed E-state index contributed by atoms with van der Waals surface area (Å²) in [6.45, 7) is 3.22. The molecule has 1 heterocycles. The van der Waals surface area contributed by atoms with Gasteiger partial charge in [0, 0.05) is 6.21 Å². The molecule has 0 fully saturated rings. The number of nitrogens with zero attached hydrogens (tertiary/aromatic N) is 1. The van der Waals surface area contributed by atoms with Crippen molar-refractivity contribution in [3.8, 4) is 11.5 Å². The molecule has 0 amide bonds. The standard InChI is InChI=1S/C17H17NO2/c1-13-6-2-3-7-14(13)10-18-11-15-12-19-16-8-4-5-9-17(16)20-15/h2-10,15H,11-12H2,1H3. The van der Waals surface area contributed by atoms with Crippen LogP contribution < -0.4 is 9.47 Å². The Morgan fingerprint density at radius 2 is 1.85 bits per heavy atom. The Morgan fingerprint density at radius 1 is 1.10 bits per heavy atom. The largest absolute Gasteiger partial charge is 0.486 e. The van der Waals surface area contributed by atoms with Gasteiger partial charge in [0.1, 0.15) is 6.61 Å². The number of benzene rings is 2. The first-order chi connectivity index (χ1) is 9.83. The number of aryl methyl sites for hydroxylation is 1. The third-order valence-corrected chi connectivity index (χ3v) is 3.30. The first-order valence-electron chi connectivity index (χ1n) is 6.77. The van der Waals surface area contributed by atoms with Crippen molar-refractivity contribution in [3.05, 3.63) is 59.7 Å². The van der Waals surface area contributed by atoms with E-state index >= 15 is 0 Å². The third-order valence-electron chi connectivity index (χ3n) is 3.30. The number of para-hydroxylation sites is 2. The van der Waals surface area contributed by atoms with Gasteiger partial charge in [-0.1, -0.05) is 36.4 Å². The highest BCUT2D eigenvalue weighted by atomic mass is 16.6. The summed E-state index contributed by atoms with van der Waals surface area (Å²) in [5.41, 5.74) is 2.37. The maximum Gasteiger partial charge on any atom is 0.161 e. The van der Waals surface area contributed by atoms with Crippen molar-refractivity contribution in [1.82, 2.24) is 0 Å². The molecule has 3 rings (SSSR count). The molecule has 0 saturated heterocycles. The zero-order valence-electron chi connectivity index (χ0n) is 11.5. The summed E-state index contributed by atoms with van der Waals surface area (Å²) >= 11 is 0. The number of hydrogen-bond donors (Lipinski definition) is 0. The van der Waals surface area contributed by atoms with Crippen molar-refractivity contribution in [3.63, 3.8) is 0 Å². The monoisotopic (exact) mass is 267 g/mol. The summed E-state index contributed by atoms with van der Waals surface area (Å²) in [6.07, 6.45) is 1.88. The van der Waals surface area contributed by atoms with Crippen LogP contribution in [-0.4, -0.2) is 25.5 Å². The first kappa shape index (κ1) is 12.7. The summed E-state index contributed by atoms with van der Waals surface area (Å²) in [4.78, 5) is 4.47.